The lowest BCUT2D eigenvalue weighted by Gasteiger charge is -2.35. The average Bonchev–Trinajstić information content (AvgIpc) is 3.70. The molecule has 1 aliphatic heterocycles. The van der Waals surface area contributed by atoms with Crippen molar-refractivity contribution in [2.24, 2.45) is 0 Å². The SMILES string of the molecule is CC(C)(C)OC(=O)N1CCN(CCOc2ccc(-c3nc4c(OC5(C#N)CC5)ncnc4n3Cc3cccc(Cl)c3)c(Cl)c2)CC1. The van der Waals surface area contributed by atoms with Crippen molar-refractivity contribution in [2.75, 3.05) is 39.3 Å². The Hall–Kier alpha value is -4.11. The van der Waals surface area contributed by atoms with Gasteiger partial charge in [-0.2, -0.15) is 10.2 Å². The van der Waals surface area contributed by atoms with E-state index in [-0.39, 0.29) is 12.0 Å². The van der Waals surface area contributed by atoms with E-state index >= 15 is 0 Å². The first-order valence-corrected chi connectivity index (χ1v) is 16.0. The van der Waals surface area contributed by atoms with E-state index in [2.05, 4.69) is 20.9 Å². The highest BCUT2D eigenvalue weighted by molar-refractivity contribution is 6.33. The molecular formula is C33H35Cl2N7O4. The Labute approximate surface area is 277 Å². The lowest BCUT2D eigenvalue weighted by Crippen LogP contribution is -2.50. The molecular weight excluding hydrogens is 629 g/mol. The van der Waals surface area contributed by atoms with Crippen molar-refractivity contribution < 1.29 is 19.0 Å². The molecule has 0 unspecified atom stereocenters. The minimum Gasteiger partial charge on any atom is -0.492 e. The van der Waals surface area contributed by atoms with Gasteiger partial charge in [-0.1, -0.05) is 35.3 Å². The minimum absolute atomic E-state index is 0.262. The van der Waals surface area contributed by atoms with E-state index in [1.165, 1.54) is 6.33 Å². The van der Waals surface area contributed by atoms with Crippen LogP contribution in [0.2, 0.25) is 10.0 Å². The monoisotopic (exact) mass is 663 g/mol. The quantitative estimate of drug-likeness (QED) is 0.206. The summed E-state index contributed by atoms with van der Waals surface area (Å²) in [6.07, 6.45) is 2.42. The normalized spacial score (nSPS) is 16.2. The largest absolute Gasteiger partial charge is 0.492 e. The molecule has 0 N–H and O–H groups in total. The number of piperazine rings is 1. The molecule has 46 heavy (non-hydrogen) atoms. The third-order valence-corrected chi connectivity index (χ3v) is 8.36. The molecule has 1 saturated heterocycles. The Balaban J connectivity index is 1.17. The first-order valence-electron chi connectivity index (χ1n) is 15.2. The van der Waals surface area contributed by atoms with Gasteiger partial charge in [0.15, 0.2) is 16.8 Å². The fraction of sp³-hybridized carbons (Fsp3) is 0.424. The van der Waals surface area contributed by atoms with Gasteiger partial charge in [-0.25, -0.2) is 14.8 Å². The van der Waals surface area contributed by atoms with E-state index < -0.39 is 11.2 Å². The maximum absolute atomic E-state index is 12.4. The van der Waals surface area contributed by atoms with Crippen LogP contribution in [0.4, 0.5) is 4.79 Å². The Kier molecular flexibility index (Phi) is 8.97. The van der Waals surface area contributed by atoms with Gasteiger partial charge in [0, 0.05) is 56.2 Å². The van der Waals surface area contributed by atoms with Crippen molar-refractivity contribution in [1.82, 2.24) is 29.3 Å². The van der Waals surface area contributed by atoms with Crippen LogP contribution in [0.3, 0.4) is 0 Å². The van der Waals surface area contributed by atoms with Crippen LogP contribution in [-0.2, 0) is 11.3 Å². The number of carbonyl (C=O) groups is 1. The van der Waals surface area contributed by atoms with Gasteiger partial charge in [0.2, 0.25) is 5.88 Å². The third-order valence-electron chi connectivity index (χ3n) is 7.81. The van der Waals surface area contributed by atoms with Crippen LogP contribution in [0.15, 0.2) is 48.8 Å². The number of nitriles is 1. The van der Waals surface area contributed by atoms with Gasteiger partial charge in [0.25, 0.3) is 0 Å². The van der Waals surface area contributed by atoms with Crippen molar-refractivity contribution in [3.8, 4) is 29.1 Å². The number of amides is 1. The van der Waals surface area contributed by atoms with Gasteiger partial charge < -0.3 is 23.7 Å². The lowest BCUT2D eigenvalue weighted by molar-refractivity contribution is 0.0137. The van der Waals surface area contributed by atoms with Gasteiger partial charge >= 0.3 is 6.09 Å². The predicted molar refractivity (Wildman–Crippen MR) is 174 cm³/mol. The van der Waals surface area contributed by atoms with Gasteiger partial charge in [0.1, 0.15) is 36.2 Å². The molecule has 2 aromatic heterocycles. The van der Waals surface area contributed by atoms with Crippen LogP contribution in [0.1, 0.15) is 39.2 Å². The topological polar surface area (TPSA) is 119 Å². The molecule has 1 aliphatic carbocycles. The Morgan fingerprint density at radius 2 is 1.85 bits per heavy atom. The molecule has 2 aliphatic rings. The Morgan fingerprint density at radius 3 is 2.52 bits per heavy atom. The van der Waals surface area contributed by atoms with Crippen LogP contribution in [-0.4, -0.2) is 85.9 Å². The van der Waals surface area contributed by atoms with E-state index in [0.717, 1.165) is 18.7 Å². The van der Waals surface area contributed by atoms with Crippen LogP contribution in [0, 0.1) is 11.3 Å². The van der Waals surface area contributed by atoms with Crippen molar-refractivity contribution in [1.29, 1.82) is 5.26 Å². The Bertz CT molecular complexity index is 1790. The summed E-state index contributed by atoms with van der Waals surface area (Å²) < 4.78 is 19.5. The number of hydrogen-bond donors (Lipinski definition) is 0. The number of nitrogens with zero attached hydrogens (tertiary/aromatic N) is 7. The molecule has 2 fully saturated rings. The molecule has 1 saturated carbocycles. The molecule has 0 atom stereocenters. The van der Waals surface area contributed by atoms with Crippen LogP contribution >= 0.6 is 23.2 Å². The molecule has 6 rings (SSSR count). The number of imidazole rings is 1. The summed E-state index contributed by atoms with van der Waals surface area (Å²) in [5, 5.41) is 10.7. The van der Waals surface area contributed by atoms with Crippen LogP contribution in [0.25, 0.3) is 22.6 Å². The minimum atomic E-state index is -0.875. The van der Waals surface area contributed by atoms with E-state index in [0.29, 0.717) is 84.0 Å². The van der Waals surface area contributed by atoms with Crippen LogP contribution < -0.4 is 9.47 Å². The molecule has 11 nitrogen and oxygen atoms in total. The molecule has 0 bridgehead atoms. The standard InChI is InChI=1S/C33H35Cl2N7O4/c1-32(2,3)46-31(43)41-13-11-40(12-14-41)15-16-44-24-7-8-25(26(35)18-24)28-39-27-29(42(28)19-22-5-4-6-23(34)17-22)37-21-38-30(27)45-33(20-36)9-10-33/h4-8,17-18,21H,9-16,19H2,1-3H3. The second-order valence-corrected chi connectivity index (χ2v) is 13.4. The van der Waals surface area contributed by atoms with E-state index in [1.807, 2.05) is 61.7 Å². The summed E-state index contributed by atoms with van der Waals surface area (Å²) >= 11 is 13.2. The molecule has 240 valence electrons. The first kappa shape index (κ1) is 31.9. The molecule has 0 spiro atoms. The molecule has 13 heteroatoms. The summed E-state index contributed by atoms with van der Waals surface area (Å²) in [4.78, 5) is 30.1. The number of rotatable bonds is 9. The zero-order valence-electron chi connectivity index (χ0n) is 26.0. The number of aromatic nitrogens is 4. The van der Waals surface area contributed by atoms with Gasteiger partial charge in [-0.15, -0.1) is 0 Å². The molecule has 3 heterocycles. The van der Waals surface area contributed by atoms with Crippen molar-refractivity contribution in [3.05, 3.63) is 64.4 Å². The highest BCUT2D eigenvalue weighted by atomic mass is 35.5. The lowest BCUT2D eigenvalue weighted by atomic mass is 10.2. The number of fused-ring (bicyclic) bond motifs is 1. The van der Waals surface area contributed by atoms with Gasteiger partial charge in [-0.05, 0) is 56.7 Å². The second kappa shape index (κ2) is 12.9. The maximum atomic E-state index is 12.4. The summed E-state index contributed by atoms with van der Waals surface area (Å²) in [7, 11) is 0. The highest BCUT2D eigenvalue weighted by Crippen LogP contribution is 2.41. The Morgan fingerprint density at radius 1 is 1.07 bits per heavy atom. The smallest absolute Gasteiger partial charge is 0.410 e. The number of ether oxygens (including phenoxy) is 3. The fourth-order valence-corrected chi connectivity index (χ4v) is 5.71. The van der Waals surface area contributed by atoms with Crippen molar-refractivity contribution in [3.63, 3.8) is 0 Å². The summed E-state index contributed by atoms with van der Waals surface area (Å²) in [5.41, 5.74) is 1.25. The zero-order valence-corrected chi connectivity index (χ0v) is 27.5. The fourth-order valence-electron chi connectivity index (χ4n) is 5.24. The molecule has 4 aromatic rings. The number of benzene rings is 2. The third kappa shape index (κ3) is 7.30. The highest BCUT2D eigenvalue weighted by Gasteiger charge is 2.47. The number of carbonyl (C=O) groups excluding carboxylic acids is 1. The van der Waals surface area contributed by atoms with Gasteiger partial charge in [0.05, 0.1) is 11.6 Å². The number of halogens is 2. The van der Waals surface area contributed by atoms with E-state index in [4.69, 9.17) is 42.4 Å². The van der Waals surface area contributed by atoms with E-state index in [9.17, 15) is 10.1 Å². The van der Waals surface area contributed by atoms with Crippen molar-refractivity contribution >= 4 is 40.5 Å². The molecule has 0 radical (unpaired) electrons. The maximum Gasteiger partial charge on any atom is 0.410 e. The summed E-state index contributed by atoms with van der Waals surface area (Å²) in [6, 6.07) is 15.3. The van der Waals surface area contributed by atoms with Gasteiger partial charge in [-0.3, -0.25) is 4.90 Å². The second-order valence-electron chi connectivity index (χ2n) is 12.5. The summed E-state index contributed by atoms with van der Waals surface area (Å²) in [5.74, 6) is 1.46. The summed E-state index contributed by atoms with van der Waals surface area (Å²) in [6.45, 7) is 9.92. The zero-order chi connectivity index (χ0) is 32.5. The first-order chi connectivity index (χ1) is 22.0. The van der Waals surface area contributed by atoms with Crippen molar-refractivity contribution in [2.45, 2.75) is 51.4 Å². The predicted octanol–water partition coefficient (Wildman–Crippen LogP) is 6.21. The molecule has 2 aromatic carbocycles. The molecule has 1 amide bonds. The van der Waals surface area contributed by atoms with E-state index in [1.54, 1.807) is 11.0 Å². The average molecular weight is 665 g/mol. The van der Waals surface area contributed by atoms with Crippen LogP contribution in [0.5, 0.6) is 11.6 Å². The number of hydrogen-bond acceptors (Lipinski definition) is 9.